The van der Waals surface area contributed by atoms with E-state index in [1.807, 2.05) is 0 Å². The van der Waals surface area contributed by atoms with Gasteiger partial charge in [0.2, 0.25) is 0 Å². The van der Waals surface area contributed by atoms with E-state index in [1.54, 1.807) is 0 Å². The van der Waals surface area contributed by atoms with Crippen LogP contribution in [0.1, 0.15) is 27.7 Å². The molecular weight excluding hydrogens is 417 g/mol. The molecule has 0 spiro atoms. The standard InChI is InChI=1S/C30H28BNO2/c1-29(2)30(3,4)34-31(33-29)21-18-19-28-26(20-21)24-15-9-8-14-23(24)25-16-10-11-17-27(25)32(28)22-12-6-5-7-13-22/h5-20H,1-4H3. The molecule has 0 bridgehead atoms. The van der Waals surface area contributed by atoms with Crippen LogP contribution >= 0.6 is 0 Å². The van der Waals surface area contributed by atoms with E-state index in [0.29, 0.717) is 0 Å². The molecular formula is C30H28BNO2. The lowest BCUT2D eigenvalue weighted by Gasteiger charge is -2.32. The van der Waals surface area contributed by atoms with Crippen molar-refractivity contribution in [1.29, 1.82) is 0 Å². The number of hydrogen-bond donors (Lipinski definition) is 0. The number of para-hydroxylation sites is 2. The number of fused-ring (bicyclic) bond motifs is 5. The quantitative estimate of drug-likeness (QED) is 0.271. The molecule has 1 fully saturated rings. The van der Waals surface area contributed by atoms with Crippen molar-refractivity contribution < 1.29 is 9.31 Å². The van der Waals surface area contributed by atoms with Gasteiger partial charge in [-0.15, -0.1) is 0 Å². The Morgan fingerprint density at radius 2 is 1.09 bits per heavy atom. The minimum atomic E-state index is -0.404. The zero-order valence-electron chi connectivity index (χ0n) is 20.1. The van der Waals surface area contributed by atoms with Gasteiger partial charge in [-0.05, 0) is 68.6 Å². The summed E-state index contributed by atoms with van der Waals surface area (Å²) in [6.45, 7) is 8.39. The summed E-state index contributed by atoms with van der Waals surface area (Å²) in [5.41, 5.74) is 8.54. The highest BCUT2D eigenvalue weighted by molar-refractivity contribution is 6.62. The monoisotopic (exact) mass is 445 g/mol. The molecule has 2 aliphatic heterocycles. The van der Waals surface area contributed by atoms with Gasteiger partial charge in [-0.25, -0.2) is 0 Å². The smallest absolute Gasteiger partial charge is 0.399 e. The fourth-order valence-corrected chi connectivity index (χ4v) is 4.92. The van der Waals surface area contributed by atoms with Gasteiger partial charge in [0.25, 0.3) is 0 Å². The van der Waals surface area contributed by atoms with Crippen LogP contribution in [0, 0.1) is 0 Å². The highest BCUT2D eigenvalue weighted by atomic mass is 16.7. The van der Waals surface area contributed by atoms with Crippen molar-refractivity contribution in [2.45, 2.75) is 38.9 Å². The Morgan fingerprint density at radius 1 is 0.559 bits per heavy atom. The Labute approximate surface area is 202 Å². The topological polar surface area (TPSA) is 21.7 Å². The van der Waals surface area contributed by atoms with E-state index < -0.39 is 7.12 Å². The van der Waals surface area contributed by atoms with Crippen molar-refractivity contribution in [1.82, 2.24) is 0 Å². The number of hydrogen-bond acceptors (Lipinski definition) is 3. The molecule has 4 aromatic rings. The summed E-state index contributed by atoms with van der Waals surface area (Å²) in [5.74, 6) is 0. The number of nitrogens with zero attached hydrogens (tertiary/aromatic N) is 1. The minimum Gasteiger partial charge on any atom is -0.399 e. The van der Waals surface area contributed by atoms with E-state index in [-0.39, 0.29) is 11.2 Å². The lowest BCUT2D eigenvalue weighted by molar-refractivity contribution is 0.00578. The van der Waals surface area contributed by atoms with Gasteiger partial charge in [-0.3, -0.25) is 0 Å². The maximum atomic E-state index is 6.40. The van der Waals surface area contributed by atoms with E-state index in [9.17, 15) is 0 Å². The zero-order chi connectivity index (χ0) is 23.5. The molecule has 0 saturated carbocycles. The maximum absolute atomic E-state index is 6.40. The highest BCUT2D eigenvalue weighted by Gasteiger charge is 2.51. The Balaban J connectivity index is 1.60. The van der Waals surface area contributed by atoms with E-state index in [2.05, 4.69) is 130 Å². The molecule has 34 heavy (non-hydrogen) atoms. The second-order valence-electron chi connectivity index (χ2n) is 10.1. The van der Waals surface area contributed by atoms with E-state index in [4.69, 9.17) is 9.31 Å². The average Bonchev–Trinajstić information content (AvgIpc) is 2.99. The zero-order valence-corrected chi connectivity index (χ0v) is 20.1. The molecule has 1 saturated heterocycles. The van der Waals surface area contributed by atoms with Crippen LogP contribution in [0.2, 0.25) is 0 Å². The third kappa shape index (κ3) is 3.21. The van der Waals surface area contributed by atoms with E-state index >= 15 is 0 Å². The first-order chi connectivity index (χ1) is 16.4. The molecule has 0 amide bonds. The van der Waals surface area contributed by atoms with Crippen molar-refractivity contribution in [2.24, 2.45) is 0 Å². The molecule has 6 rings (SSSR count). The summed E-state index contributed by atoms with van der Waals surface area (Å²) in [4.78, 5) is 2.36. The summed E-state index contributed by atoms with van der Waals surface area (Å²) >= 11 is 0. The molecule has 0 aromatic heterocycles. The third-order valence-corrected chi connectivity index (χ3v) is 7.45. The van der Waals surface area contributed by atoms with Crippen molar-refractivity contribution in [3.05, 3.63) is 97.1 Å². The molecule has 3 nitrogen and oxygen atoms in total. The van der Waals surface area contributed by atoms with Gasteiger partial charge in [0.15, 0.2) is 0 Å². The average molecular weight is 445 g/mol. The fourth-order valence-electron chi connectivity index (χ4n) is 4.92. The second kappa shape index (κ2) is 7.59. The van der Waals surface area contributed by atoms with E-state index in [1.165, 1.54) is 27.9 Å². The lowest BCUT2D eigenvalue weighted by Crippen LogP contribution is -2.41. The Kier molecular flexibility index (Phi) is 4.74. The molecule has 168 valence electrons. The van der Waals surface area contributed by atoms with Crippen molar-refractivity contribution >= 4 is 29.6 Å². The van der Waals surface area contributed by atoms with Crippen molar-refractivity contribution in [3.63, 3.8) is 0 Å². The molecule has 0 atom stereocenters. The molecule has 4 heteroatoms. The van der Waals surface area contributed by atoms with Crippen LogP contribution in [0.25, 0.3) is 22.3 Å². The highest BCUT2D eigenvalue weighted by Crippen LogP contribution is 2.50. The van der Waals surface area contributed by atoms with Gasteiger partial charge in [0, 0.05) is 16.8 Å². The predicted molar refractivity (Wildman–Crippen MR) is 141 cm³/mol. The van der Waals surface area contributed by atoms with Gasteiger partial charge in [-0.1, -0.05) is 72.8 Å². The van der Waals surface area contributed by atoms with Crippen LogP contribution in [-0.4, -0.2) is 18.3 Å². The van der Waals surface area contributed by atoms with Gasteiger partial charge in [0.1, 0.15) is 0 Å². The molecule has 2 aliphatic rings. The predicted octanol–water partition coefficient (Wildman–Crippen LogP) is 7.10. The molecule has 0 radical (unpaired) electrons. The molecule has 0 aliphatic carbocycles. The lowest BCUT2D eigenvalue weighted by atomic mass is 9.77. The summed E-state index contributed by atoms with van der Waals surface area (Å²) in [5, 5.41) is 0. The summed E-state index contributed by atoms with van der Waals surface area (Å²) in [6, 6.07) is 34.5. The largest absolute Gasteiger partial charge is 0.494 e. The van der Waals surface area contributed by atoms with Crippen molar-refractivity contribution in [2.75, 3.05) is 4.90 Å². The number of anilines is 3. The molecule has 0 unspecified atom stereocenters. The SMILES string of the molecule is CC1(C)OB(c2ccc3c(c2)-c2ccccc2-c2ccccc2N3c2ccccc2)OC1(C)C. The van der Waals surface area contributed by atoms with Gasteiger partial charge in [0.05, 0.1) is 22.6 Å². The van der Waals surface area contributed by atoms with Gasteiger partial charge >= 0.3 is 7.12 Å². The Morgan fingerprint density at radius 3 is 1.76 bits per heavy atom. The van der Waals surface area contributed by atoms with Crippen LogP contribution < -0.4 is 10.4 Å². The van der Waals surface area contributed by atoms with Gasteiger partial charge < -0.3 is 14.2 Å². The van der Waals surface area contributed by atoms with Crippen LogP contribution in [0.15, 0.2) is 97.1 Å². The minimum absolute atomic E-state index is 0.380. The van der Waals surface area contributed by atoms with Gasteiger partial charge in [-0.2, -0.15) is 0 Å². The van der Waals surface area contributed by atoms with Crippen molar-refractivity contribution in [3.8, 4) is 22.3 Å². The van der Waals surface area contributed by atoms with Crippen LogP contribution in [0.4, 0.5) is 17.1 Å². The van der Waals surface area contributed by atoms with E-state index in [0.717, 1.165) is 16.8 Å². The first kappa shape index (κ1) is 21.2. The maximum Gasteiger partial charge on any atom is 0.494 e. The molecule has 2 heterocycles. The van der Waals surface area contributed by atoms with Crippen LogP contribution in [-0.2, 0) is 9.31 Å². The number of rotatable bonds is 2. The van der Waals surface area contributed by atoms with Crippen LogP contribution in [0.5, 0.6) is 0 Å². The Hall–Kier alpha value is -3.34. The second-order valence-corrected chi connectivity index (χ2v) is 10.1. The summed E-state index contributed by atoms with van der Waals surface area (Å²) in [7, 11) is -0.404. The number of benzene rings is 4. The summed E-state index contributed by atoms with van der Waals surface area (Å²) < 4.78 is 12.8. The Bertz CT molecular complexity index is 1360. The molecule has 0 N–H and O–H groups in total. The first-order valence-corrected chi connectivity index (χ1v) is 11.9. The first-order valence-electron chi connectivity index (χ1n) is 11.9. The fraction of sp³-hybridized carbons (Fsp3) is 0.200. The normalized spacial score (nSPS) is 17.5. The third-order valence-electron chi connectivity index (χ3n) is 7.45. The molecule has 4 aromatic carbocycles. The van der Waals surface area contributed by atoms with Crippen LogP contribution in [0.3, 0.4) is 0 Å². The summed E-state index contributed by atoms with van der Waals surface area (Å²) in [6.07, 6.45) is 0.